The Kier molecular flexibility index (Phi) is 20.0. The lowest BCUT2D eigenvalue weighted by molar-refractivity contribution is 0.282. The van der Waals surface area contributed by atoms with Gasteiger partial charge < -0.3 is 9.84 Å². The molecular formula is C82H94O2. The minimum atomic E-state index is -0.0325. The molecule has 2 heteroatoms. The number of ether oxygens (including phenoxy) is 1. The van der Waals surface area contributed by atoms with Crippen molar-refractivity contribution in [2.45, 2.75) is 200 Å². The van der Waals surface area contributed by atoms with Crippen LogP contribution in [-0.4, -0.2) is 12.2 Å². The molecule has 0 aliphatic heterocycles. The number of unbranched alkanes of at least 4 members (excludes halogenated alkanes) is 16. The molecule has 2 aliphatic rings. The summed E-state index contributed by atoms with van der Waals surface area (Å²) in [5.41, 5.74) is 24.9. The molecule has 0 amide bonds. The van der Waals surface area contributed by atoms with Crippen molar-refractivity contribution in [3.63, 3.8) is 0 Å². The van der Waals surface area contributed by atoms with E-state index in [0.29, 0.717) is 0 Å². The summed E-state index contributed by atoms with van der Waals surface area (Å²) in [4.78, 5) is 0. The van der Waals surface area contributed by atoms with Crippen molar-refractivity contribution >= 4 is 21.5 Å². The molecule has 84 heavy (non-hydrogen) atoms. The Morgan fingerprint density at radius 2 is 0.679 bits per heavy atom. The van der Waals surface area contributed by atoms with Crippen molar-refractivity contribution in [1.82, 2.24) is 0 Å². The number of aryl methyl sites for hydroxylation is 4. The van der Waals surface area contributed by atoms with E-state index in [1.54, 1.807) is 0 Å². The van der Waals surface area contributed by atoms with Crippen molar-refractivity contribution in [2.24, 2.45) is 0 Å². The Morgan fingerprint density at radius 3 is 1.08 bits per heavy atom. The Hall–Kier alpha value is -6.74. The summed E-state index contributed by atoms with van der Waals surface area (Å²) in [6.07, 6.45) is 30.4. The van der Waals surface area contributed by atoms with Gasteiger partial charge in [0.25, 0.3) is 0 Å². The zero-order chi connectivity index (χ0) is 57.8. The third kappa shape index (κ3) is 12.6. The van der Waals surface area contributed by atoms with E-state index in [4.69, 9.17) is 4.74 Å². The number of aliphatic hydroxyl groups is 1. The number of aliphatic hydroxyl groups excluding tert-OH is 1. The second-order valence-corrected chi connectivity index (χ2v) is 25.1. The van der Waals surface area contributed by atoms with Gasteiger partial charge in [0, 0.05) is 11.8 Å². The zero-order valence-electron chi connectivity index (χ0n) is 51.7. The smallest absolute Gasteiger partial charge is 0.119 e. The molecule has 0 bridgehead atoms. The van der Waals surface area contributed by atoms with E-state index in [0.717, 1.165) is 37.0 Å². The highest BCUT2D eigenvalue weighted by atomic mass is 16.5. The molecule has 0 fully saturated rings. The van der Waals surface area contributed by atoms with Gasteiger partial charge in [-0.1, -0.05) is 276 Å². The fourth-order valence-corrected chi connectivity index (χ4v) is 14.6. The minimum absolute atomic E-state index is 0.00975. The first kappa shape index (κ1) is 59.0. The maximum absolute atomic E-state index is 10.8. The summed E-state index contributed by atoms with van der Waals surface area (Å²) in [5.74, 6) is 0.851. The van der Waals surface area contributed by atoms with Gasteiger partial charge in [-0.2, -0.15) is 0 Å². The lowest BCUT2D eigenvalue weighted by Gasteiger charge is -2.26. The van der Waals surface area contributed by atoms with E-state index in [2.05, 4.69) is 185 Å². The summed E-state index contributed by atoms with van der Waals surface area (Å²) in [6, 6.07) is 62.4. The summed E-state index contributed by atoms with van der Waals surface area (Å²) in [7, 11) is 1.81. The molecule has 2 aliphatic carbocycles. The molecule has 434 valence electrons. The summed E-state index contributed by atoms with van der Waals surface area (Å²) < 4.78 is 6.08. The average Bonchev–Trinajstić information content (AvgIpc) is 1.46. The first-order valence-electron chi connectivity index (χ1n) is 33.3. The molecule has 0 radical (unpaired) electrons. The molecule has 11 rings (SSSR count). The van der Waals surface area contributed by atoms with Gasteiger partial charge in [-0.3, -0.25) is 0 Å². The minimum Gasteiger partial charge on any atom is -0.497 e. The van der Waals surface area contributed by atoms with Crippen molar-refractivity contribution in [1.29, 1.82) is 0 Å². The van der Waals surface area contributed by atoms with Crippen LogP contribution in [0.3, 0.4) is 0 Å². The van der Waals surface area contributed by atoms with Crippen LogP contribution in [0.5, 0.6) is 5.75 Å². The monoisotopic (exact) mass is 1110 g/mol. The molecule has 0 heterocycles. The van der Waals surface area contributed by atoms with Crippen LogP contribution in [0.15, 0.2) is 158 Å². The van der Waals surface area contributed by atoms with Crippen molar-refractivity contribution < 1.29 is 9.84 Å². The second-order valence-electron chi connectivity index (χ2n) is 25.1. The van der Waals surface area contributed by atoms with Crippen molar-refractivity contribution in [3.8, 4) is 50.3 Å². The van der Waals surface area contributed by atoms with Gasteiger partial charge in [-0.25, -0.2) is 0 Å². The molecule has 1 N–H and O–H groups in total. The van der Waals surface area contributed by atoms with Crippen molar-refractivity contribution in [2.75, 3.05) is 7.11 Å². The predicted octanol–water partition coefficient (Wildman–Crippen LogP) is 23.2. The van der Waals surface area contributed by atoms with Crippen LogP contribution in [0.25, 0.3) is 66.1 Å². The van der Waals surface area contributed by atoms with Gasteiger partial charge in [0.15, 0.2) is 0 Å². The second kappa shape index (κ2) is 28.4. The summed E-state index contributed by atoms with van der Waals surface area (Å²) >= 11 is 0. The first-order valence-corrected chi connectivity index (χ1v) is 33.3. The SMILES string of the molecule is CCCCCCCCCCc1ccc(C2c3cc(CO)ccc3-c3ccc4c(-c5ccc(CCCC)cc5)c5c6c(ccc5c(-c5ccc(CCCC)cc5)c4c32)-c2ccc(OC)cc2C6c2ccc(CCCCCCCCCC)cc2)cc1. The quantitative estimate of drug-likeness (QED) is 0.0359. The molecular weight excluding hydrogens is 1020 g/mol. The first-order chi connectivity index (χ1) is 41.5. The van der Waals surface area contributed by atoms with Gasteiger partial charge in [-0.05, 0) is 191 Å². The largest absolute Gasteiger partial charge is 0.497 e. The number of fused-ring (bicyclic) bond motifs is 10. The maximum atomic E-state index is 10.8. The highest BCUT2D eigenvalue weighted by Crippen LogP contribution is 2.59. The molecule has 0 saturated heterocycles. The zero-order valence-corrected chi connectivity index (χ0v) is 51.7. The Labute approximate surface area is 505 Å². The van der Waals surface area contributed by atoms with Crippen LogP contribution in [0.1, 0.15) is 229 Å². The molecule has 9 aromatic rings. The normalized spacial score (nSPS) is 14.1. The number of hydrogen-bond donors (Lipinski definition) is 1. The van der Waals surface area contributed by atoms with Crippen LogP contribution in [-0.2, 0) is 32.3 Å². The van der Waals surface area contributed by atoms with Gasteiger partial charge in [0.1, 0.15) is 5.75 Å². The Balaban J connectivity index is 1.13. The fourth-order valence-electron chi connectivity index (χ4n) is 14.6. The highest BCUT2D eigenvalue weighted by Gasteiger charge is 2.38. The number of methoxy groups -OCH3 is 1. The van der Waals surface area contributed by atoms with Crippen LogP contribution in [0.2, 0.25) is 0 Å². The maximum Gasteiger partial charge on any atom is 0.119 e. The van der Waals surface area contributed by atoms with E-state index in [1.165, 1.54) is 250 Å². The summed E-state index contributed by atoms with van der Waals surface area (Å²) in [5, 5.41) is 16.1. The fraction of sp³-hybridized carbons (Fsp3) is 0.390. The van der Waals surface area contributed by atoms with E-state index in [9.17, 15) is 5.11 Å². The Bertz CT molecular complexity index is 3380. The van der Waals surface area contributed by atoms with Gasteiger partial charge in [0.2, 0.25) is 0 Å². The highest BCUT2D eigenvalue weighted by molar-refractivity contribution is 6.25. The summed E-state index contributed by atoms with van der Waals surface area (Å²) in [6.45, 7) is 9.20. The third-order valence-corrected chi connectivity index (χ3v) is 19.3. The number of rotatable bonds is 30. The molecule has 0 aromatic heterocycles. The molecule has 2 unspecified atom stereocenters. The molecule has 2 nitrogen and oxygen atoms in total. The Morgan fingerprint density at radius 1 is 0.333 bits per heavy atom. The van der Waals surface area contributed by atoms with Crippen LogP contribution in [0.4, 0.5) is 0 Å². The van der Waals surface area contributed by atoms with Crippen LogP contribution in [0, 0.1) is 0 Å². The van der Waals surface area contributed by atoms with Gasteiger partial charge in [-0.15, -0.1) is 0 Å². The van der Waals surface area contributed by atoms with Gasteiger partial charge in [0.05, 0.1) is 13.7 Å². The average molecular weight is 1110 g/mol. The lowest BCUT2D eigenvalue weighted by atomic mass is 9.76. The van der Waals surface area contributed by atoms with E-state index in [1.807, 2.05) is 7.11 Å². The van der Waals surface area contributed by atoms with E-state index >= 15 is 0 Å². The standard InChI is InChI=1S/C82H94O2/c1-6-10-14-16-18-20-22-24-28-59-34-43-64(44-35-59)77-73-54-61(56-83)38-48-67(73)69-50-52-71-76(63-41-32-58(33-42-63)27-13-9-4)82-72(75(81(71)79(69)77)62-39-30-57(31-40-62)26-12-8-3)53-51-70-68-49-47-66(84-5)55-74(68)78(80(70)82)65-45-36-60(37-46-65)29-25-23-21-19-17-15-11-7-2/h30-55,77-78,83H,6-29,56H2,1-5H3. The van der Waals surface area contributed by atoms with E-state index in [-0.39, 0.29) is 18.4 Å². The number of benzene rings is 9. The lowest BCUT2D eigenvalue weighted by Crippen LogP contribution is -2.05. The van der Waals surface area contributed by atoms with Crippen molar-refractivity contribution in [3.05, 3.63) is 219 Å². The predicted molar refractivity (Wildman–Crippen MR) is 360 cm³/mol. The molecule has 0 spiro atoms. The molecule has 2 atom stereocenters. The van der Waals surface area contributed by atoms with E-state index < -0.39 is 0 Å². The molecule has 9 aromatic carbocycles. The van der Waals surface area contributed by atoms with Gasteiger partial charge >= 0.3 is 0 Å². The van der Waals surface area contributed by atoms with Crippen LogP contribution >= 0.6 is 0 Å². The topological polar surface area (TPSA) is 29.5 Å². The number of hydrogen-bond acceptors (Lipinski definition) is 2. The molecule has 0 saturated carbocycles. The van der Waals surface area contributed by atoms with Crippen LogP contribution < -0.4 is 4.74 Å². The third-order valence-electron chi connectivity index (χ3n) is 19.3.